The average molecular weight is 258 g/mol. The minimum Gasteiger partial charge on any atom is -0.496 e. The number of benzene rings is 1. The number of carbonyl (C=O) groups is 1. The van der Waals surface area contributed by atoms with E-state index in [9.17, 15) is 4.79 Å². The second kappa shape index (κ2) is 5.12. The molecule has 14 heavy (non-hydrogen) atoms. The Morgan fingerprint density at radius 2 is 2.29 bits per heavy atom. The molecule has 0 saturated heterocycles. The van der Waals surface area contributed by atoms with E-state index in [2.05, 4.69) is 21.2 Å². The maximum Gasteiger partial charge on any atom is 0.141 e. The van der Waals surface area contributed by atoms with E-state index in [0.717, 1.165) is 22.1 Å². The van der Waals surface area contributed by atoms with E-state index in [1.807, 2.05) is 18.2 Å². The zero-order chi connectivity index (χ0) is 10.6. The standard InChI is InChI=1S/C10H12BrNO2/c1-12-9(6-13)7-3-4-10(14-2)8(11)5-7/h3-6,9,12H,1-2H3. The highest BCUT2D eigenvalue weighted by atomic mass is 79.9. The molecule has 1 unspecified atom stereocenters. The lowest BCUT2D eigenvalue weighted by Gasteiger charge is -2.11. The molecule has 0 aliphatic rings. The van der Waals surface area contributed by atoms with Gasteiger partial charge in [-0.3, -0.25) is 0 Å². The van der Waals surface area contributed by atoms with Gasteiger partial charge in [-0.05, 0) is 40.7 Å². The van der Waals surface area contributed by atoms with Crippen LogP contribution in [0.2, 0.25) is 0 Å². The molecule has 0 heterocycles. The lowest BCUT2D eigenvalue weighted by Crippen LogP contribution is -2.17. The van der Waals surface area contributed by atoms with Crippen molar-refractivity contribution in [2.45, 2.75) is 6.04 Å². The fourth-order valence-electron chi connectivity index (χ4n) is 1.19. The van der Waals surface area contributed by atoms with Gasteiger partial charge in [0.2, 0.25) is 0 Å². The lowest BCUT2D eigenvalue weighted by atomic mass is 10.1. The van der Waals surface area contributed by atoms with Gasteiger partial charge in [-0.2, -0.15) is 0 Å². The van der Waals surface area contributed by atoms with E-state index >= 15 is 0 Å². The number of hydrogen-bond acceptors (Lipinski definition) is 3. The topological polar surface area (TPSA) is 38.3 Å². The van der Waals surface area contributed by atoms with E-state index < -0.39 is 0 Å². The molecule has 0 aliphatic heterocycles. The van der Waals surface area contributed by atoms with Gasteiger partial charge in [0.1, 0.15) is 12.0 Å². The molecule has 0 spiro atoms. The second-order valence-corrected chi connectivity index (χ2v) is 3.65. The molecular formula is C10H12BrNO2. The predicted molar refractivity (Wildman–Crippen MR) is 58.6 cm³/mol. The van der Waals surface area contributed by atoms with Gasteiger partial charge >= 0.3 is 0 Å². The number of likely N-dealkylation sites (N-methyl/N-ethyl adjacent to an activating group) is 1. The molecule has 1 N–H and O–H groups in total. The van der Waals surface area contributed by atoms with E-state index in [1.165, 1.54) is 0 Å². The highest BCUT2D eigenvalue weighted by Gasteiger charge is 2.09. The molecule has 0 aromatic heterocycles. The van der Waals surface area contributed by atoms with Crippen LogP contribution in [0.3, 0.4) is 0 Å². The van der Waals surface area contributed by atoms with Crippen molar-refractivity contribution in [2.75, 3.05) is 14.2 Å². The van der Waals surface area contributed by atoms with Crippen LogP contribution in [0.5, 0.6) is 5.75 Å². The molecule has 0 bridgehead atoms. The van der Waals surface area contributed by atoms with Crippen molar-refractivity contribution in [3.8, 4) is 5.75 Å². The Kier molecular flexibility index (Phi) is 4.10. The van der Waals surface area contributed by atoms with Crippen molar-refractivity contribution in [2.24, 2.45) is 0 Å². The summed E-state index contributed by atoms with van der Waals surface area (Å²) in [6, 6.07) is 5.29. The first-order chi connectivity index (χ1) is 6.72. The van der Waals surface area contributed by atoms with E-state index in [-0.39, 0.29) is 6.04 Å². The Morgan fingerprint density at radius 3 is 2.71 bits per heavy atom. The molecule has 0 fully saturated rings. The van der Waals surface area contributed by atoms with E-state index in [1.54, 1.807) is 14.2 Å². The first kappa shape index (κ1) is 11.2. The van der Waals surface area contributed by atoms with Crippen LogP contribution < -0.4 is 10.1 Å². The van der Waals surface area contributed by atoms with Crippen molar-refractivity contribution in [1.82, 2.24) is 5.32 Å². The highest BCUT2D eigenvalue weighted by Crippen LogP contribution is 2.27. The Morgan fingerprint density at radius 1 is 1.57 bits per heavy atom. The van der Waals surface area contributed by atoms with Crippen molar-refractivity contribution < 1.29 is 9.53 Å². The number of hydrogen-bond donors (Lipinski definition) is 1. The van der Waals surface area contributed by atoms with Crippen molar-refractivity contribution in [3.63, 3.8) is 0 Å². The normalized spacial score (nSPS) is 12.2. The van der Waals surface area contributed by atoms with Gasteiger partial charge in [-0.15, -0.1) is 0 Å². The average Bonchev–Trinajstić information content (AvgIpc) is 2.20. The number of rotatable bonds is 4. The fourth-order valence-corrected chi connectivity index (χ4v) is 1.75. The summed E-state index contributed by atoms with van der Waals surface area (Å²) in [7, 11) is 3.35. The molecule has 1 atom stereocenters. The molecular weight excluding hydrogens is 246 g/mol. The molecule has 1 aromatic rings. The highest BCUT2D eigenvalue weighted by molar-refractivity contribution is 9.10. The Hall–Kier alpha value is -0.870. The Balaban J connectivity index is 3.01. The number of carbonyl (C=O) groups excluding carboxylic acids is 1. The zero-order valence-electron chi connectivity index (χ0n) is 8.08. The number of aldehydes is 1. The number of ether oxygens (including phenoxy) is 1. The van der Waals surface area contributed by atoms with Gasteiger partial charge in [-0.1, -0.05) is 6.07 Å². The summed E-state index contributed by atoms with van der Waals surface area (Å²) < 4.78 is 5.94. The SMILES string of the molecule is CNC(C=O)c1ccc(OC)c(Br)c1. The lowest BCUT2D eigenvalue weighted by molar-refractivity contribution is -0.109. The third-order valence-electron chi connectivity index (χ3n) is 1.98. The van der Waals surface area contributed by atoms with Crippen LogP contribution in [0, 0.1) is 0 Å². The number of halogens is 1. The largest absolute Gasteiger partial charge is 0.496 e. The molecule has 3 nitrogen and oxygen atoms in total. The van der Waals surface area contributed by atoms with Crippen LogP contribution in [-0.4, -0.2) is 20.4 Å². The van der Waals surface area contributed by atoms with Gasteiger partial charge in [0.25, 0.3) is 0 Å². The number of methoxy groups -OCH3 is 1. The van der Waals surface area contributed by atoms with Crippen LogP contribution in [-0.2, 0) is 4.79 Å². The predicted octanol–water partition coefficient (Wildman–Crippen LogP) is 1.92. The van der Waals surface area contributed by atoms with Crippen molar-refractivity contribution in [1.29, 1.82) is 0 Å². The van der Waals surface area contributed by atoms with Gasteiger partial charge in [0.15, 0.2) is 0 Å². The molecule has 0 aliphatic carbocycles. The summed E-state index contributed by atoms with van der Waals surface area (Å²) >= 11 is 3.37. The summed E-state index contributed by atoms with van der Waals surface area (Å²) in [5.74, 6) is 0.759. The third-order valence-corrected chi connectivity index (χ3v) is 2.60. The van der Waals surface area contributed by atoms with E-state index in [0.29, 0.717) is 0 Å². The summed E-state index contributed by atoms with van der Waals surface area (Å²) in [5.41, 5.74) is 0.912. The second-order valence-electron chi connectivity index (χ2n) is 2.80. The molecule has 1 rings (SSSR count). The molecule has 0 saturated carbocycles. The molecule has 4 heteroatoms. The van der Waals surface area contributed by atoms with Crippen molar-refractivity contribution in [3.05, 3.63) is 28.2 Å². The summed E-state index contributed by atoms with van der Waals surface area (Å²) in [5, 5.41) is 2.90. The first-order valence-corrected chi connectivity index (χ1v) is 4.98. The zero-order valence-corrected chi connectivity index (χ0v) is 9.67. The van der Waals surface area contributed by atoms with Crippen LogP contribution in [0.1, 0.15) is 11.6 Å². The van der Waals surface area contributed by atoms with Crippen LogP contribution in [0.25, 0.3) is 0 Å². The smallest absolute Gasteiger partial charge is 0.141 e. The molecule has 0 amide bonds. The monoisotopic (exact) mass is 257 g/mol. The molecule has 76 valence electrons. The number of nitrogens with one attached hydrogen (secondary N) is 1. The quantitative estimate of drug-likeness (QED) is 0.838. The first-order valence-electron chi connectivity index (χ1n) is 4.19. The van der Waals surface area contributed by atoms with Gasteiger partial charge in [0, 0.05) is 0 Å². The summed E-state index contributed by atoms with van der Waals surface area (Å²) in [4.78, 5) is 10.7. The van der Waals surface area contributed by atoms with Gasteiger partial charge in [-0.25, -0.2) is 0 Å². The minimum atomic E-state index is -0.266. The van der Waals surface area contributed by atoms with Crippen molar-refractivity contribution >= 4 is 22.2 Å². The van der Waals surface area contributed by atoms with Crippen LogP contribution in [0.4, 0.5) is 0 Å². The van der Waals surface area contributed by atoms with Crippen LogP contribution >= 0.6 is 15.9 Å². The maximum absolute atomic E-state index is 10.7. The molecule has 1 aromatic carbocycles. The Bertz CT molecular complexity index is 328. The summed E-state index contributed by atoms with van der Waals surface area (Å²) in [6.45, 7) is 0. The fraction of sp³-hybridized carbons (Fsp3) is 0.300. The Labute approximate surface area is 91.6 Å². The molecule has 0 radical (unpaired) electrons. The van der Waals surface area contributed by atoms with Gasteiger partial charge in [0.05, 0.1) is 17.6 Å². The third kappa shape index (κ3) is 2.33. The van der Waals surface area contributed by atoms with Gasteiger partial charge < -0.3 is 14.8 Å². The minimum absolute atomic E-state index is 0.266. The maximum atomic E-state index is 10.7. The van der Waals surface area contributed by atoms with Crippen LogP contribution in [0.15, 0.2) is 22.7 Å². The summed E-state index contributed by atoms with van der Waals surface area (Å²) in [6.07, 6.45) is 0.869. The van der Waals surface area contributed by atoms with E-state index in [4.69, 9.17) is 4.74 Å².